The molecule has 0 aromatic heterocycles. The lowest BCUT2D eigenvalue weighted by atomic mass is 9.99. The van der Waals surface area contributed by atoms with Crippen molar-refractivity contribution in [1.82, 2.24) is 0 Å². The second-order valence-corrected chi connectivity index (χ2v) is 4.38. The molecule has 1 saturated heterocycles. The van der Waals surface area contributed by atoms with Gasteiger partial charge in [0.15, 0.2) is 5.79 Å². The van der Waals surface area contributed by atoms with Gasteiger partial charge in [-0.1, -0.05) is 0 Å². The largest absolute Gasteiger partial charge is 0.387 e. The van der Waals surface area contributed by atoms with Crippen molar-refractivity contribution in [3.05, 3.63) is 0 Å². The Hall–Kier alpha value is -0.190. The maximum atomic E-state index is 13.3. The number of aliphatic hydroxyl groups is 1. The number of hydrogen-bond acceptors (Lipinski definition) is 3. The lowest BCUT2D eigenvalue weighted by molar-refractivity contribution is -0.162. The Balaban J connectivity index is 2.57. The van der Waals surface area contributed by atoms with Crippen molar-refractivity contribution >= 4 is 0 Å². The van der Waals surface area contributed by atoms with Gasteiger partial charge in [0.2, 0.25) is 0 Å². The highest BCUT2D eigenvalue weighted by molar-refractivity contribution is 4.87. The maximum absolute atomic E-state index is 13.3. The summed E-state index contributed by atoms with van der Waals surface area (Å²) in [6.07, 6.45) is -1.72. The molecule has 2 atom stereocenters. The van der Waals surface area contributed by atoms with Crippen molar-refractivity contribution < 1.29 is 19.0 Å². The van der Waals surface area contributed by atoms with Gasteiger partial charge >= 0.3 is 0 Å². The molecule has 0 spiro atoms. The fraction of sp³-hybridized carbons (Fsp3) is 1.00. The first-order chi connectivity index (χ1) is 5.72. The van der Waals surface area contributed by atoms with Gasteiger partial charge in [-0.3, -0.25) is 0 Å². The molecule has 1 unspecified atom stereocenters. The van der Waals surface area contributed by atoms with Crippen LogP contribution in [0.4, 0.5) is 4.39 Å². The van der Waals surface area contributed by atoms with Crippen molar-refractivity contribution in [3.63, 3.8) is 0 Å². The summed E-state index contributed by atoms with van der Waals surface area (Å²) in [5.41, 5.74) is -1.66. The van der Waals surface area contributed by atoms with Crippen LogP contribution in [0.5, 0.6) is 0 Å². The maximum Gasteiger partial charge on any atom is 0.163 e. The fourth-order valence-electron chi connectivity index (χ4n) is 1.31. The summed E-state index contributed by atoms with van der Waals surface area (Å²) >= 11 is 0. The second kappa shape index (κ2) is 3.19. The van der Waals surface area contributed by atoms with E-state index in [0.29, 0.717) is 0 Å². The van der Waals surface area contributed by atoms with Crippen molar-refractivity contribution in [2.75, 3.05) is 6.61 Å². The minimum atomic E-state index is -1.66. The summed E-state index contributed by atoms with van der Waals surface area (Å²) in [6, 6.07) is 0. The first kappa shape index (κ1) is 10.9. The average Bonchev–Trinajstić information content (AvgIpc) is 2.26. The lowest BCUT2D eigenvalue weighted by Crippen LogP contribution is -2.43. The topological polar surface area (TPSA) is 38.7 Å². The predicted molar refractivity (Wildman–Crippen MR) is 46.1 cm³/mol. The molecule has 1 aliphatic rings. The smallest absolute Gasteiger partial charge is 0.163 e. The van der Waals surface area contributed by atoms with Crippen molar-refractivity contribution in [2.24, 2.45) is 0 Å². The standard InChI is InChI=1S/C9H17FO3/c1-8(2,10)7(11)6-5-12-9(3,4)13-6/h6-7,11H,5H2,1-4H3/t6?,7-/m0/s1. The molecule has 3 nitrogen and oxygen atoms in total. The van der Waals surface area contributed by atoms with Gasteiger partial charge in [-0.05, 0) is 27.7 Å². The van der Waals surface area contributed by atoms with E-state index in [1.807, 2.05) is 0 Å². The molecule has 0 radical (unpaired) electrons. The number of aliphatic hydroxyl groups excluding tert-OH is 1. The predicted octanol–water partition coefficient (Wildman–Crippen LogP) is 1.25. The number of ether oxygens (including phenoxy) is 2. The molecule has 4 heteroatoms. The van der Waals surface area contributed by atoms with Crippen molar-refractivity contribution in [3.8, 4) is 0 Å². The Bertz CT molecular complexity index is 186. The Labute approximate surface area is 77.8 Å². The monoisotopic (exact) mass is 192 g/mol. The molecular formula is C9H17FO3. The highest BCUT2D eigenvalue weighted by atomic mass is 19.1. The van der Waals surface area contributed by atoms with E-state index in [1.54, 1.807) is 13.8 Å². The SMILES string of the molecule is CC1(C)OCC([C@H](O)C(C)(C)F)O1. The van der Waals surface area contributed by atoms with Gasteiger partial charge in [-0.15, -0.1) is 0 Å². The fourth-order valence-corrected chi connectivity index (χ4v) is 1.31. The molecule has 1 N–H and O–H groups in total. The molecule has 1 heterocycles. The van der Waals surface area contributed by atoms with Gasteiger partial charge in [-0.2, -0.15) is 0 Å². The molecule has 1 rings (SSSR count). The van der Waals surface area contributed by atoms with E-state index in [9.17, 15) is 9.50 Å². The first-order valence-corrected chi connectivity index (χ1v) is 4.41. The Morgan fingerprint density at radius 2 is 2.08 bits per heavy atom. The van der Waals surface area contributed by atoms with Gasteiger partial charge < -0.3 is 14.6 Å². The van der Waals surface area contributed by atoms with Gasteiger partial charge in [0, 0.05) is 0 Å². The van der Waals surface area contributed by atoms with Crippen LogP contribution in [0.15, 0.2) is 0 Å². The molecule has 1 aliphatic heterocycles. The number of alkyl halides is 1. The molecule has 0 aliphatic carbocycles. The molecule has 0 aromatic rings. The number of rotatable bonds is 2. The van der Waals surface area contributed by atoms with E-state index in [-0.39, 0.29) is 6.61 Å². The van der Waals surface area contributed by atoms with Crippen LogP contribution >= 0.6 is 0 Å². The zero-order valence-corrected chi connectivity index (χ0v) is 8.50. The minimum absolute atomic E-state index is 0.238. The molecule has 0 bridgehead atoms. The van der Waals surface area contributed by atoms with E-state index in [1.165, 1.54) is 13.8 Å². The number of hydrogen-bond donors (Lipinski definition) is 1. The van der Waals surface area contributed by atoms with Crippen LogP contribution in [0, 0.1) is 0 Å². The third kappa shape index (κ3) is 2.62. The average molecular weight is 192 g/mol. The number of halogens is 1. The van der Waals surface area contributed by atoms with Gasteiger partial charge in [-0.25, -0.2) is 4.39 Å². The zero-order valence-electron chi connectivity index (χ0n) is 8.50. The van der Waals surface area contributed by atoms with Crippen LogP contribution in [0.25, 0.3) is 0 Å². The molecule has 0 amide bonds. The summed E-state index contributed by atoms with van der Waals surface area (Å²) < 4.78 is 23.8. The summed E-state index contributed by atoms with van der Waals surface area (Å²) in [6.45, 7) is 6.37. The summed E-state index contributed by atoms with van der Waals surface area (Å²) in [4.78, 5) is 0. The molecular weight excluding hydrogens is 175 g/mol. The summed E-state index contributed by atoms with van der Waals surface area (Å²) in [5, 5.41) is 9.54. The van der Waals surface area contributed by atoms with Crippen LogP contribution in [0.3, 0.4) is 0 Å². The second-order valence-electron chi connectivity index (χ2n) is 4.38. The van der Waals surface area contributed by atoms with E-state index in [2.05, 4.69) is 0 Å². The van der Waals surface area contributed by atoms with E-state index in [4.69, 9.17) is 9.47 Å². The summed E-state index contributed by atoms with van der Waals surface area (Å²) in [5.74, 6) is -0.711. The van der Waals surface area contributed by atoms with Crippen LogP contribution in [0.1, 0.15) is 27.7 Å². The van der Waals surface area contributed by atoms with Gasteiger partial charge in [0.1, 0.15) is 17.9 Å². The normalized spacial score (nSPS) is 30.5. The Kier molecular flexibility index (Phi) is 2.67. The first-order valence-electron chi connectivity index (χ1n) is 4.41. The quantitative estimate of drug-likeness (QED) is 0.715. The third-order valence-corrected chi connectivity index (χ3v) is 2.09. The van der Waals surface area contributed by atoms with Crippen LogP contribution < -0.4 is 0 Å². The van der Waals surface area contributed by atoms with E-state index in [0.717, 1.165) is 0 Å². The Morgan fingerprint density at radius 1 is 1.54 bits per heavy atom. The highest BCUT2D eigenvalue weighted by Crippen LogP contribution is 2.29. The van der Waals surface area contributed by atoms with E-state index >= 15 is 0 Å². The molecule has 1 fully saturated rings. The molecule has 13 heavy (non-hydrogen) atoms. The molecule has 78 valence electrons. The van der Waals surface area contributed by atoms with Gasteiger partial charge in [0.05, 0.1) is 6.61 Å². The Morgan fingerprint density at radius 3 is 2.38 bits per heavy atom. The van der Waals surface area contributed by atoms with Crippen LogP contribution in [-0.4, -0.2) is 35.4 Å². The lowest BCUT2D eigenvalue weighted by Gasteiger charge is -2.27. The van der Waals surface area contributed by atoms with E-state index < -0.39 is 23.7 Å². The summed E-state index contributed by atoms with van der Waals surface area (Å²) in [7, 11) is 0. The zero-order chi connectivity index (χ0) is 10.3. The van der Waals surface area contributed by atoms with Crippen LogP contribution in [0.2, 0.25) is 0 Å². The molecule has 0 saturated carbocycles. The van der Waals surface area contributed by atoms with Gasteiger partial charge in [0.25, 0.3) is 0 Å². The van der Waals surface area contributed by atoms with Crippen LogP contribution in [-0.2, 0) is 9.47 Å². The van der Waals surface area contributed by atoms with Crippen molar-refractivity contribution in [1.29, 1.82) is 0 Å². The van der Waals surface area contributed by atoms with Crippen molar-refractivity contribution in [2.45, 2.75) is 51.4 Å². The highest BCUT2D eigenvalue weighted by Gasteiger charge is 2.43. The molecule has 0 aromatic carbocycles. The minimum Gasteiger partial charge on any atom is -0.387 e. The third-order valence-electron chi connectivity index (χ3n) is 2.09.